The number of carbonyl (C=O) groups is 1. The molecule has 7 nitrogen and oxygen atoms in total. The van der Waals surface area contributed by atoms with Crippen molar-refractivity contribution in [2.24, 2.45) is 0 Å². The first-order valence-electron chi connectivity index (χ1n) is 8.45. The molecule has 2 heterocycles. The Hall–Kier alpha value is -3.56. The van der Waals surface area contributed by atoms with Crippen molar-refractivity contribution >= 4 is 5.91 Å². The van der Waals surface area contributed by atoms with Gasteiger partial charge < -0.3 is 10.3 Å². The van der Waals surface area contributed by atoms with Crippen molar-refractivity contribution in [1.82, 2.24) is 25.3 Å². The van der Waals surface area contributed by atoms with Crippen LogP contribution in [0.1, 0.15) is 35.5 Å². The first kappa shape index (κ1) is 20.2. The van der Waals surface area contributed by atoms with Crippen molar-refractivity contribution in [2.75, 3.05) is 0 Å². The standard InChI is InChI=1S/C19H16F3N5O2/c1-18(2,11-4-6-12(7-5-11)19(20,21)22)27-17(29)13-10-14(28)26-16(25-13)15-23-8-3-9-24-15/h3-10H,1-2H3,(H,27,29)(H,25,26,28). The number of amides is 1. The van der Waals surface area contributed by atoms with Gasteiger partial charge in [0.25, 0.3) is 11.5 Å². The fourth-order valence-electron chi connectivity index (χ4n) is 2.60. The number of aromatic amines is 1. The van der Waals surface area contributed by atoms with Crippen LogP contribution in [0.5, 0.6) is 0 Å². The second-order valence-corrected chi connectivity index (χ2v) is 6.71. The lowest BCUT2D eigenvalue weighted by Crippen LogP contribution is -2.41. The minimum atomic E-state index is -4.45. The Balaban J connectivity index is 1.86. The largest absolute Gasteiger partial charge is 0.416 e. The maximum atomic E-state index is 12.7. The molecule has 0 bridgehead atoms. The number of aromatic nitrogens is 4. The van der Waals surface area contributed by atoms with Crippen LogP contribution in [-0.4, -0.2) is 25.8 Å². The number of hydrogen-bond acceptors (Lipinski definition) is 5. The van der Waals surface area contributed by atoms with Gasteiger partial charge in [-0.25, -0.2) is 15.0 Å². The molecule has 0 saturated heterocycles. The van der Waals surface area contributed by atoms with Crippen LogP contribution in [-0.2, 0) is 11.7 Å². The van der Waals surface area contributed by atoms with Crippen LogP contribution >= 0.6 is 0 Å². The van der Waals surface area contributed by atoms with Crippen molar-refractivity contribution in [3.05, 3.63) is 76.0 Å². The average Bonchev–Trinajstić information content (AvgIpc) is 2.67. The first-order chi connectivity index (χ1) is 13.6. The van der Waals surface area contributed by atoms with E-state index in [9.17, 15) is 22.8 Å². The van der Waals surface area contributed by atoms with Crippen LogP contribution < -0.4 is 10.9 Å². The summed E-state index contributed by atoms with van der Waals surface area (Å²) in [7, 11) is 0. The van der Waals surface area contributed by atoms with E-state index in [1.807, 2.05) is 0 Å². The summed E-state index contributed by atoms with van der Waals surface area (Å²) in [5.74, 6) is -0.505. The molecule has 1 aromatic carbocycles. The Bertz CT molecular complexity index is 1080. The lowest BCUT2D eigenvalue weighted by Gasteiger charge is -2.27. The number of alkyl halides is 3. The van der Waals surface area contributed by atoms with E-state index in [2.05, 4.69) is 25.3 Å². The maximum Gasteiger partial charge on any atom is 0.416 e. The third-order valence-corrected chi connectivity index (χ3v) is 4.11. The van der Waals surface area contributed by atoms with Crippen LogP contribution in [0.15, 0.2) is 53.6 Å². The highest BCUT2D eigenvalue weighted by molar-refractivity contribution is 5.93. The number of nitrogens with one attached hydrogen (secondary N) is 2. The van der Waals surface area contributed by atoms with Gasteiger partial charge >= 0.3 is 6.18 Å². The van der Waals surface area contributed by atoms with Gasteiger partial charge in [-0.05, 0) is 37.6 Å². The van der Waals surface area contributed by atoms with Gasteiger partial charge in [0.05, 0.1) is 11.1 Å². The molecule has 0 saturated carbocycles. The highest BCUT2D eigenvalue weighted by atomic mass is 19.4. The molecule has 0 spiro atoms. The second kappa shape index (κ2) is 7.46. The van der Waals surface area contributed by atoms with Crippen LogP contribution in [0, 0.1) is 0 Å². The number of halogens is 3. The summed E-state index contributed by atoms with van der Waals surface area (Å²) >= 11 is 0. The summed E-state index contributed by atoms with van der Waals surface area (Å²) in [6, 6.07) is 7.07. The molecule has 0 atom stereocenters. The number of rotatable bonds is 4. The number of nitrogens with zero attached hydrogens (tertiary/aromatic N) is 3. The van der Waals surface area contributed by atoms with E-state index in [4.69, 9.17) is 0 Å². The van der Waals surface area contributed by atoms with Gasteiger partial charge in [-0.3, -0.25) is 9.59 Å². The Morgan fingerprint density at radius 2 is 1.62 bits per heavy atom. The van der Waals surface area contributed by atoms with Crippen LogP contribution in [0.2, 0.25) is 0 Å². The summed E-state index contributed by atoms with van der Waals surface area (Å²) in [6.45, 7) is 3.25. The van der Waals surface area contributed by atoms with E-state index in [1.165, 1.54) is 24.5 Å². The van der Waals surface area contributed by atoms with E-state index in [0.717, 1.165) is 18.2 Å². The number of hydrogen-bond donors (Lipinski definition) is 2. The molecule has 0 aliphatic heterocycles. The van der Waals surface area contributed by atoms with E-state index in [-0.39, 0.29) is 17.3 Å². The first-order valence-corrected chi connectivity index (χ1v) is 8.45. The van der Waals surface area contributed by atoms with Gasteiger partial charge in [-0.2, -0.15) is 13.2 Å². The van der Waals surface area contributed by atoms with E-state index in [1.54, 1.807) is 19.9 Å². The number of benzene rings is 1. The Labute approximate surface area is 163 Å². The third kappa shape index (κ3) is 4.65. The van der Waals surface area contributed by atoms with Crippen LogP contribution in [0.3, 0.4) is 0 Å². The molecule has 0 radical (unpaired) electrons. The van der Waals surface area contributed by atoms with Gasteiger partial charge in [0.2, 0.25) is 0 Å². The van der Waals surface area contributed by atoms with Crippen molar-refractivity contribution in [3.63, 3.8) is 0 Å². The van der Waals surface area contributed by atoms with E-state index < -0.39 is 28.7 Å². The molecule has 0 aliphatic rings. The van der Waals surface area contributed by atoms with Crippen molar-refractivity contribution in [2.45, 2.75) is 25.6 Å². The molecule has 0 unspecified atom stereocenters. The Morgan fingerprint density at radius 1 is 1.03 bits per heavy atom. The van der Waals surface area contributed by atoms with E-state index >= 15 is 0 Å². The molecule has 0 fully saturated rings. The van der Waals surface area contributed by atoms with Gasteiger partial charge in [0, 0.05) is 18.5 Å². The van der Waals surface area contributed by atoms with Gasteiger partial charge in [-0.15, -0.1) is 0 Å². The van der Waals surface area contributed by atoms with E-state index in [0.29, 0.717) is 5.56 Å². The summed E-state index contributed by atoms with van der Waals surface area (Å²) in [5.41, 5.74) is -2.09. The highest BCUT2D eigenvalue weighted by Crippen LogP contribution is 2.31. The number of H-pyrrole nitrogens is 1. The molecule has 150 valence electrons. The summed E-state index contributed by atoms with van der Waals surface area (Å²) < 4.78 is 38.2. The van der Waals surface area contributed by atoms with Crippen molar-refractivity contribution in [1.29, 1.82) is 0 Å². The minimum absolute atomic E-state index is 0.0237. The highest BCUT2D eigenvalue weighted by Gasteiger charge is 2.31. The van der Waals surface area contributed by atoms with Crippen molar-refractivity contribution < 1.29 is 18.0 Å². The lowest BCUT2D eigenvalue weighted by molar-refractivity contribution is -0.137. The predicted octanol–water partition coefficient (Wildman–Crippen LogP) is 2.91. The zero-order chi connectivity index (χ0) is 21.2. The van der Waals surface area contributed by atoms with Gasteiger partial charge in [-0.1, -0.05) is 12.1 Å². The molecular weight excluding hydrogens is 387 g/mol. The molecule has 3 aromatic rings. The Morgan fingerprint density at radius 3 is 2.21 bits per heavy atom. The number of carbonyl (C=O) groups excluding carboxylic acids is 1. The topological polar surface area (TPSA) is 101 Å². The summed E-state index contributed by atoms with van der Waals surface area (Å²) in [6.07, 6.45) is -1.53. The molecule has 3 rings (SSSR count). The zero-order valence-electron chi connectivity index (χ0n) is 15.4. The maximum absolute atomic E-state index is 12.7. The smallest absolute Gasteiger partial charge is 0.342 e. The molecule has 10 heteroatoms. The quantitative estimate of drug-likeness (QED) is 0.698. The fourth-order valence-corrected chi connectivity index (χ4v) is 2.60. The van der Waals surface area contributed by atoms with Crippen LogP contribution in [0.25, 0.3) is 11.6 Å². The normalized spacial score (nSPS) is 11.9. The summed E-state index contributed by atoms with van der Waals surface area (Å²) in [5, 5.41) is 2.68. The average molecular weight is 403 g/mol. The SMILES string of the molecule is CC(C)(NC(=O)c1cc(=O)[nH]c(-c2ncccn2)n1)c1ccc(C(F)(F)F)cc1. The molecular formula is C19H16F3N5O2. The van der Waals surface area contributed by atoms with Gasteiger partial charge in [0.15, 0.2) is 11.6 Å². The molecule has 1 amide bonds. The second-order valence-electron chi connectivity index (χ2n) is 6.71. The minimum Gasteiger partial charge on any atom is -0.342 e. The lowest BCUT2D eigenvalue weighted by atomic mass is 9.93. The third-order valence-electron chi connectivity index (χ3n) is 4.11. The monoisotopic (exact) mass is 403 g/mol. The summed E-state index contributed by atoms with van der Waals surface area (Å²) in [4.78, 5) is 39.1. The van der Waals surface area contributed by atoms with Gasteiger partial charge in [0.1, 0.15) is 5.69 Å². The Kier molecular flexibility index (Phi) is 5.19. The van der Waals surface area contributed by atoms with Crippen LogP contribution in [0.4, 0.5) is 13.2 Å². The molecule has 0 aliphatic carbocycles. The molecule has 2 N–H and O–H groups in total. The molecule has 29 heavy (non-hydrogen) atoms. The fraction of sp³-hybridized carbons (Fsp3) is 0.211. The zero-order valence-corrected chi connectivity index (χ0v) is 15.4. The molecule has 2 aromatic heterocycles. The van der Waals surface area contributed by atoms with Crippen molar-refractivity contribution in [3.8, 4) is 11.6 Å². The predicted molar refractivity (Wildman–Crippen MR) is 97.8 cm³/mol.